The van der Waals surface area contributed by atoms with Crippen molar-refractivity contribution in [2.24, 2.45) is 0 Å². The van der Waals surface area contributed by atoms with Crippen LogP contribution in [0.5, 0.6) is 0 Å². The molecular formula is C10H19N3O4. The third-order valence-electron chi connectivity index (χ3n) is 2.76. The second-order valence-electron chi connectivity index (χ2n) is 4.08. The molecular weight excluding hydrogens is 226 g/mol. The summed E-state index contributed by atoms with van der Waals surface area (Å²) in [4.78, 5) is 27.2. The Bertz CT molecular complexity index is 277. The van der Waals surface area contributed by atoms with E-state index in [1.54, 1.807) is 4.90 Å². The molecule has 0 unspecified atom stereocenters. The van der Waals surface area contributed by atoms with E-state index in [1.807, 2.05) is 0 Å². The number of carboxylic acids is 1. The van der Waals surface area contributed by atoms with Crippen LogP contribution in [-0.2, 0) is 4.79 Å². The number of aliphatic hydroxyl groups is 1. The topological polar surface area (TPSA) is 84.3 Å². The van der Waals surface area contributed by atoms with Gasteiger partial charge in [-0.1, -0.05) is 0 Å². The molecule has 98 valence electrons. The standard InChI is InChI=1S/C10H19N3O4/c1-11(8-9(15)16)10(17)13-4-2-12(3-5-13)6-7-14/h14H,2-8H2,1H3,(H,15,16). The maximum atomic E-state index is 11.8. The lowest BCUT2D eigenvalue weighted by molar-refractivity contribution is -0.137. The van der Waals surface area contributed by atoms with Crippen LogP contribution < -0.4 is 0 Å². The third kappa shape index (κ3) is 4.20. The van der Waals surface area contributed by atoms with Crippen LogP contribution in [0.4, 0.5) is 4.79 Å². The van der Waals surface area contributed by atoms with E-state index >= 15 is 0 Å². The first kappa shape index (κ1) is 13.7. The molecule has 1 saturated heterocycles. The van der Waals surface area contributed by atoms with Crippen molar-refractivity contribution in [2.75, 3.05) is 52.9 Å². The van der Waals surface area contributed by atoms with Crippen molar-refractivity contribution in [2.45, 2.75) is 0 Å². The molecule has 2 amide bonds. The Labute approximate surface area is 100 Å². The lowest BCUT2D eigenvalue weighted by atomic mass is 10.3. The highest BCUT2D eigenvalue weighted by atomic mass is 16.4. The molecule has 0 aromatic heterocycles. The van der Waals surface area contributed by atoms with Crippen LogP contribution in [0.3, 0.4) is 0 Å². The molecule has 7 heteroatoms. The van der Waals surface area contributed by atoms with Crippen molar-refractivity contribution in [1.82, 2.24) is 14.7 Å². The number of aliphatic hydroxyl groups excluding tert-OH is 1. The normalized spacial score (nSPS) is 16.9. The molecule has 1 aliphatic rings. The van der Waals surface area contributed by atoms with Crippen LogP contribution in [-0.4, -0.2) is 89.8 Å². The fraction of sp³-hybridized carbons (Fsp3) is 0.800. The van der Waals surface area contributed by atoms with E-state index in [0.29, 0.717) is 32.7 Å². The van der Waals surface area contributed by atoms with Crippen molar-refractivity contribution in [3.8, 4) is 0 Å². The van der Waals surface area contributed by atoms with E-state index in [4.69, 9.17) is 10.2 Å². The predicted octanol–water partition coefficient (Wildman–Crippen LogP) is -1.27. The van der Waals surface area contributed by atoms with Gasteiger partial charge in [0.15, 0.2) is 0 Å². The molecule has 1 aliphatic heterocycles. The first-order valence-corrected chi connectivity index (χ1v) is 5.59. The second kappa shape index (κ2) is 6.41. The lowest BCUT2D eigenvalue weighted by Gasteiger charge is -2.36. The summed E-state index contributed by atoms with van der Waals surface area (Å²) in [5.74, 6) is -1.01. The van der Waals surface area contributed by atoms with Gasteiger partial charge in [0.2, 0.25) is 0 Å². The van der Waals surface area contributed by atoms with E-state index in [0.717, 1.165) is 0 Å². The van der Waals surface area contributed by atoms with Gasteiger partial charge in [0.1, 0.15) is 6.54 Å². The molecule has 0 spiro atoms. The van der Waals surface area contributed by atoms with Gasteiger partial charge < -0.3 is 20.0 Å². The molecule has 0 radical (unpaired) electrons. The molecule has 0 saturated carbocycles. The van der Waals surface area contributed by atoms with Gasteiger partial charge in [0.05, 0.1) is 6.61 Å². The highest BCUT2D eigenvalue weighted by molar-refractivity contribution is 5.80. The molecule has 2 N–H and O–H groups in total. The maximum absolute atomic E-state index is 11.8. The average molecular weight is 245 g/mol. The Balaban J connectivity index is 2.37. The van der Waals surface area contributed by atoms with Crippen molar-refractivity contribution in [3.05, 3.63) is 0 Å². The average Bonchev–Trinajstić information content (AvgIpc) is 2.28. The molecule has 1 heterocycles. The zero-order valence-electron chi connectivity index (χ0n) is 10.0. The predicted molar refractivity (Wildman–Crippen MR) is 60.8 cm³/mol. The molecule has 1 fully saturated rings. The molecule has 0 atom stereocenters. The number of urea groups is 1. The van der Waals surface area contributed by atoms with Crippen LogP contribution in [0.25, 0.3) is 0 Å². The molecule has 0 bridgehead atoms. The minimum atomic E-state index is -1.01. The molecule has 0 aromatic rings. The summed E-state index contributed by atoms with van der Waals surface area (Å²) in [5.41, 5.74) is 0. The highest BCUT2D eigenvalue weighted by Gasteiger charge is 2.23. The third-order valence-corrected chi connectivity index (χ3v) is 2.76. The fourth-order valence-electron chi connectivity index (χ4n) is 1.82. The number of carbonyl (C=O) groups excluding carboxylic acids is 1. The summed E-state index contributed by atoms with van der Waals surface area (Å²) >= 11 is 0. The fourth-order valence-corrected chi connectivity index (χ4v) is 1.82. The Kier molecular flexibility index (Phi) is 5.17. The molecule has 17 heavy (non-hydrogen) atoms. The zero-order chi connectivity index (χ0) is 12.8. The number of nitrogens with zero attached hydrogens (tertiary/aromatic N) is 3. The summed E-state index contributed by atoms with van der Waals surface area (Å²) in [5, 5.41) is 17.4. The van der Waals surface area contributed by atoms with Crippen LogP contribution in [0.2, 0.25) is 0 Å². The Hall–Kier alpha value is -1.34. The van der Waals surface area contributed by atoms with Gasteiger partial charge in [0.25, 0.3) is 0 Å². The molecule has 0 aromatic carbocycles. The number of carbonyl (C=O) groups is 2. The van der Waals surface area contributed by atoms with Gasteiger partial charge in [0, 0.05) is 39.8 Å². The van der Waals surface area contributed by atoms with E-state index in [9.17, 15) is 9.59 Å². The number of rotatable bonds is 4. The van der Waals surface area contributed by atoms with Crippen LogP contribution in [0.1, 0.15) is 0 Å². The van der Waals surface area contributed by atoms with Gasteiger partial charge in [-0.05, 0) is 0 Å². The number of carboxylic acid groups (broad SMARTS) is 1. The Morgan fingerprint density at radius 2 is 1.82 bits per heavy atom. The van der Waals surface area contributed by atoms with E-state index in [-0.39, 0.29) is 19.2 Å². The van der Waals surface area contributed by atoms with Gasteiger partial charge in [-0.25, -0.2) is 4.79 Å². The number of likely N-dealkylation sites (N-methyl/N-ethyl adjacent to an activating group) is 1. The zero-order valence-corrected chi connectivity index (χ0v) is 10.0. The lowest BCUT2D eigenvalue weighted by Crippen LogP contribution is -2.53. The SMILES string of the molecule is CN(CC(=O)O)C(=O)N1CCN(CCO)CC1. The number of β-amino-alcohol motifs (C(OH)–C–C–N with tert-alkyl or cyclic N) is 1. The van der Waals surface area contributed by atoms with Crippen molar-refractivity contribution in [1.29, 1.82) is 0 Å². The second-order valence-corrected chi connectivity index (χ2v) is 4.08. The molecule has 7 nitrogen and oxygen atoms in total. The summed E-state index contributed by atoms with van der Waals surface area (Å²) in [6, 6.07) is -0.254. The smallest absolute Gasteiger partial charge is 0.323 e. The van der Waals surface area contributed by atoms with E-state index in [2.05, 4.69) is 4.90 Å². The summed E-state index contributed by atoms with van der Waals surface area (Å²) in [6.45, 7) is 3.03. The van der Waals surface area contributed by atoms with Gasteiger partial charge in [-0.15, -0.1) is 0 Å². The summed E-state index contributed by atoms with van der Waals surface area (Å²) in [7, 11) is 1.48. The van der Waals surface area contributed by atoms with E-state index in [1.165, 1.54) is 11.9 Å². The largest absolute Gasteiger partial charge is 0.480 e. The van der Waals surface area contributed by atoms with Crippen molar-refractivity contribution in [3.63, 3.8) is 0 Å². The monoisotopic (exact) mass is 245 g/mol. The van der Waals surface area contributed by atoms with Crippen LogP contribution >= 0.6 is 0 Å². The van der Waals surface area contributed by atoms with Gasteiger partial charge in [-0.3, -0.25) is 9.69 Å². The summed E-state index contributed by atoms with van der Waals surface area (Å²) < 4.78 is 0. The minimum Gasteiger partial charge on any atom is -0.480 e. The number of hydrogen-bond donors (Lipinski definition) is 2. The molecule has 0 aliphatic carbocycles. The van der Waals surface area contributed by atoms with Crippen molar-refractivity contribution >= 4 is 12.0 Å². The number of hydrogen-bond acceptors (Lipinski definition) is 4. The first-order chi connectivity index (χ1) is 8.04. The minimum absolute atomic E-state index is 0.118. The summed E-state index contributed by atoms with van der Waals surface area (Å²) in [6.07, 6.45) is 0. The van der Waals surface area contributed by atoms with Crippen LogP contribution in [0, 0.1) is 0 Å². The first-order valence-electron chi connectivity index (χ1n) is 5.59. The molecule has 1 rings (SSSR count). The number of piperazine rings is 1. The number of amides is 2. The van der Waals surface area contributed by atoms with Crippen LogP contribution in [0.15, 0.2) is 0 Å². The highest BCUT2D eigenvalue weighted by Crippen LogP contribution is 2.04. The maximum Gasteiger partial charge on any atom is 0.323 e. The van der Waals surface area contributed by atoms with Gasteiger partial charge >= 0.3 is 12.0 Å². The Morgan fingerprint density at radius 3 is 2.29 bits per heavy atom. The quantitative estimate of drug-likeness (QED) is 0.645. The van der Waals surface area contributed by atoms with E-state index < -0.39 is 5.97 Å². The van der Waals surface area contributed by atoms with Crippen molar-refractivity contribution < 1.29 is 19.8 Å². The Morgan fingerprint density at radius 1 is 1.24 bits per heavy atom. The number of aliphatic carboxylic acids is 1. The van der Waals surface area contributed by atoms with Gasteiger partial charge in [-0.2, -0.15) is 0 Å².